The van der Waals surface area contributed by atoms with Crippen LogP contribution in [0.15, 0.2) is 36.5 Å². The molecule has 0 radical (unpaired) electrons. The smallest absolute Gasteiger partial charge is 0.271 e. The van der Waals surface area contributed by atoms with Gasteiger partial charge in [0.1, 0.15) is 18.0 Å². The topological polar surface area (TPSA) is 86.5 Å². The molecule has 6 nitrogen and oxygen atoms in total. The second kappa shape index (κ2) is 7.77. The number of carbonyl (C=O) groups excluding carboxylic acids is 1. The van der Waals surface area contributed by atoms with Gasteiger partial charge in [0.2, 0.25) is 0 Å². The Labute approximate surface area is 149 Å². The Bertz CT molecular complexity index is 775. The molecule has 1 amide bonds. The molecule has 132 valence electrons. The molecule has 1 fully saturated rings. The largest absolute Gasteiger partial charge is 0.484 e. The lowest BCUT2D eigenvalue weighted by molar-refractivity contribution is -0.00893. The van der Waals surface area contributed by atoms with Gasteiger partial charge in [-0.05, 0) is 29.8 Å². The molecular weight excluding hydrogens is 349 g/mol. The molecule has 0 aliphatic carbocycles. The van der Waals surface area contributed by atoms with E-state index >= 15 is 0 Å². The fourth-order valence-electron chi connectivity index (χ4n) is 2.65. The fraction of sp³-hybridized carbons (Fsp3) is 0.294. The number of benzene rings is 1. The van der Waals surface area contributed by atoms with Crippen molar-refractivity contribution in [1.82, 2.24) is 10.3 Å². The zero-order valence-electron chi connectivity index (χ0n) is 13.2. The van der Waals surface area contributed by atoms with Gasteiger partial charge in [-0.25, -0.2) is 9.37 Å². The van der Waals surface area contributed by atoms with Crippen molar-refractivity contribution < 1.29 is 18.7 Å². The van der Waals surface area contributed by atoms with E-state index in [-0.39, 0.29) is 16.5 Å². The van der Waals surface area contributed by atoms with Gasteiger partial charge in [-0.2, -0.15) is 0 Å². The van der Waals surface area contributed by atoms with Gasteiger partial charge in [-0.3, -0.25) is 4.79 Å². The van der Waals surface area contributed by atoms with Crippen molar-refractivity contribution in [2.24, 2.45) is 5.73 Å². The van der Waals surface area contributed by atoms with Crippen LogP contribution < -0.4 is 15.8 Å². The number of halogens is 2. The Hall–Kier alpha value is -2.22. The number of nitrogens with one attached hydrogen (secondary N) is 1. The van der Waals surface area contributed by atoms with Gasteiger partial charge in [0.15, 0.2) is 11.4 Å². The molecule has 2 aromatic rings. The summed E-state index contributed by atoms with van der Waals surface area (Å²) in [4.78, 5) is 15.5. The number of ether oxygens (including phenoxy) is 2. The van der Waals surface area contributed by atoms with Crippen LogP contribution in [0.3, 0.4) is 0 Å². The number of pyridine rings is 1. The first-order chi connectivity index (χ1) is 12.1. The number of nitrogens with zero attached hydrogens (tertiary/aromatic N) is 1. The predicted molar refractivity (Wildman–Crippen MR) is 90.1 cm³/mol. The minimum Gasteiger partial charge on any atom is -0.484 e. The summed E-state index contributed by atoms with van der Waals surface area (Å²) >= 11 is 5.75. The van der Waals surface area contributed by atoms with Crippen LogP contribution in [0, 0.1) is 5.82 Å². The molecule has 0 saturated carbocycles. The van der Waals surface area contributed by atoms with Crippen LogP contribution in [0.25, 0.3) is 0 Å². The van der Waals surface area contributed by atoms with Crippen molar-refractivity contribution in [2.75, 3.05) is 19.7 Å². The highest BCUT2D eigenvalue weighted by Crippen LogP contribution is 2.29. The van der Waals surface area contributed by atoms with E-state index in [9.17, 15) is 9.18 Å². The first-order valence-electron chi connectivity index (χ1n) is 7.75. The molecule has 1 aromatic carbocycles. The summed E-state index contributed by atoms with van der Waals surface area (Å²) in [6.45, 7) is 1.51. The third-order valence-corrected chi connectivity index (χ3v) is 4.12. The lowest BCUT2D eigenvalue weighted by atomic mass is 10.0. The predicted octanol–water partition coefficient (Wildman–Crippen LogP) is 2.08. The van der Waals surface area contributed by atoms with Crippen LogP contribution >= 0.6 is 11.6 Å². The summed E-state index contributed by atoms with van der Waals surface area (Å²) in [7, 11) is 0. The summed E-state index contributed by atoms with van der Waals surface area (Å²) in [5.41, 5.74) is 5.97. The van der Waals surface area contributed by atoms with Crippen molar-refractivity contribution in [3.05, 3.63) is 58.6 Å². The van der Waals surface area contributed by atoms with Crippen LogP contribution in [0.2, 0.25) is 5.02 Å². The summed E-state index contributed by atoms with van der Waals surface area (Å²) in [5.74, 6) is -0.961. The summed E-state index contributed by atoms with van der Waals surface area (Å²) in [5, 5.41) is 3.22. The van der Waals surface area contributed by atoms with Gasteiger partial charge in [0, 0.05) is 19.3 Å². The van der Waals surface area contributed by atoms with Crippen LogP contribution in [-0.2, 0) is 4.74 Å². The number of carbonyl (C=O) groups is 1. The average Bonchev–Trinajstić information content (AvgIpc) is 2.83. The van der Waals surface area contributed by atoms with Gasteiger partial charge in [0.05, 0.1) is 11.6 Å². The number of nitrogens with two attached hydrogens (primary N) is 1. The Morgan fingerprint density at radius 2 is 2.28 bits per heavy atom. The van der Waals surface area contributed by atoms with Crippen molar-refractivity contribution in [2.45, 2.75) is 12.2 Å². The molecule has 2 atom stereocenters. The molecule has 3 rings (SSSR count). The first-order valence-corrected chi connectivity index (χ1v) is 8.13. The molecule has 1 aliphatic heterocycles. The summed E-state index contributed by atoms with van der Waals surface area (Å²) < 4.78 is 25.6. The number of amides is 1. The van der Waals surface area contributed by atoms with Crippen LogP contribution in [-0.4, -0.2) is 36.7 Å². The highest BCUT2D eigenvalue weighted by Gasteiger charge is 2.29. The van der Waals surface area contributed by atoms with E-state index in [1.165, 1.54) is 18.3 Å². The maximum absolute atomic E-state index is 13.8. The number of aromatic nitrogens is 1. The Balaban J connectivity index is 1.91. The van der Waals surface area contributed by atoms with Gasteiger partial charge >= 0.3 is 0 Å². The van der Waals surface area contributed by atoms with Crippen molar-refractivity contribution in [3.8, 4) is 5.75 Å². The van der Waals surface area contributed by atoms with E-state index in [1.807, 2.05) is 0 Å². The third-order valence-electron chi connectivity index (χ3n) is 3.81. The lowest BCUT2D eigenvalue weighted by Gasteiger charge is -2.26. The molecule has 1 aliphatic rings. The SMILES string of the molecule is NC(=O)c1ncccc1OC1CNCCOC1c1ccc(Cl)c(F)c1. The second-order valence-electron chi connectivity index (χ2n) is 5.54. The summed E-state index contributed by atoms with van der Waals surface area (Å²) in [6, 6.07) is 7.74. The van der Waals surface area contributed by atoms with Crippen LogP contribution in [0.1, 0.15) is 22.2 Å². The second-order valence-corrected chi connectivity index (χ2v) is 5.95. The molecular formula is C17H17ClFN3O3. The maximum Gasteiger partial charge on any atom is 0.271 e. The molecule has 8 heteroatoms. The maximum atomic E-state index is 13.8. The van der Waals surface area contributed by atoms with E-state index in [4.69, 9.17) is 26.8 Å². The molecule has 1 aromatic heterocycles. The molecule has 25 heavy (non-hydrogen) atoms. The zero-order chi connectivity index (χ0) is 17.8. The molecule has 2 heterocycles. The molecule has 3 N–H and O–H groups in total. The Morgan fingerprint density at radius 3 is 3.04 bits per heavy atom. The van der Waals surface area contributed by atoms with Crippen LogP contribution in [0.5, 0.6) is 5.75 Å². The highest BCUT2D eigenvalue weighted by molar-refractivity contribution is 6.30. The molecule has 0 spiro atoms. The number of hydrogen-bond donors (Lipinski definition) is 2. The highest BCUT2D eigenvalue weighted by atomic mass is 35.5. The molecule has 2 unspecified atom stereocenters. The monoisotopic (exact) mass is 365 g/mol. The molecule has 0 bridgehead atoms. The van der Waals surface area contributed by atoms with Gasteiger partial charge in [-0.1, -0.05) is 17.7 Å². The Kier molecular flexibility index (Phi) is 5.47. The van der Waals surface area contributed by atoms with Crippen LogP contribution in [0.4, 0.5) is 4.39 Å². The number of primary amides is 1. The van der Waals surface area contributed by atoms with Gasteiger partial charge in [-0.15, -0.1) is 0 Å². The van der Waals surface area contributed by atoms with E-state index in [1.54, 1.807) is 18.2 Å². The minimum atomic E-state index is -0.688. The molecule has 1 saturated heterocycles. The average molecular weight is 366 g/mol. The van der Waals surface area contributed by atoms with Crippen molar-refractivity contribution >= 4 is 17.5 Å². The fourth-order valence-corrected chi connectivity index (χ4v) is 2.77. The minimum absolute atomic E-state index is 0.0350. The zero-order valence-corrected chi connectivity index (χ0v) is 14.0. The van der Waals surface area contributed by atoms with E-state index < -0.39 is 23.9 Å². The number of rotatable bonds is 4. The third kappa shape index (κ3) is 4.07. The lowest BCUT2D eigenvalue weighted by Crippen LogP contribution is -2.35. The van der Waals surface area contributed by atoms with Gasteiger partial charge in [0.25, 0.3) is 5.91 Å². The van der Waals surface area contributed by atoms with E-state index in [2.05, 4.69) is 10.3 Å². The van der Waals surface area contributed by atoms with E-state index in [0.717, 1.165) is 0 Å². The van der Waals surface area contributed by atoms with Crippen molar-refractivity contribution in [3.63, 3.8) is 0 Å². The quantitative estimate of drug-likeness (QED) is 0.866. The van der Waals surface area contributed by atoms with Crippen molar-refractivity contribution in [1.29, 1.82) is 0 Å². The Morgan fingerprint density at radius 1 is 1.44 bits per heavy atom. The first kappa shape index (κ1) is 17.6. The summed E-state index contributed by atoms with van der Waals surface area (Å²) in [6.07, 6.45) is 0.411. The van der Waals surface area contributed by atoms with Gasteiger partial charge < -0.3 is 20.5 Å². The standard InChI is InChI=1S/C17H17ClFN3O3/c18-11-4-3-10(8-12(11)19)16-14(9-21-6-7-24-16)25-13-2-1-5-22-15(13)17(20)23/h1-5,8,14,16,21H,6-7,9H2,(H2,20,23). The normalized spacial score (nSPS) is 20.7. The van der Waals surface area contributed by atoms with E-state index in [0.29, 0.717) is 25.3 Å². The number of hydrogen-bond acceptors (Lipinski definition) is 5.